The van der Waals surface area contributed by atoms with Gasteiger partial charge >= 0.3 is 0 Å². The molecule has 0 saturated heterocycles. The highest BCUT2D eigenvalue weighted by Gasteiger charge is 2.33. The number of nitrogens with zero attached hydrogens (tertiary/aromatic N) is 1. The molecule has 0 amide bonds. The Hall–Kier alpha value is -0.0800. The first-order valence-electron chi connectivity index (χ1n) is 5.20. The van der Waals surface area contributed by atoms with Crippen LogP contribution in [-0.4, -0.2) is 37.2 Å². The van der Waals surface area contributed by atoms with Gasteiger partial charge in [0.15, 0.2) is 0 Å². The molecule has 1 aliphatic carbocycles. The molecule has 13 heavy (non-hydrogen) atoms. The molecule has 0 aromatic heterocycles. The molecule has 0 spiro atoms. The molecule has 0 aromatic carbocycles. The van der Waals surface area contributed by atoms with Crippen molar-refractivity contribution in [2.75, 3.05) is 20.7 Å². The summed E-state index contributed by atoms with van der Waals surface area (Å²) in [4.78, 5) is 2.32. The van der Waals surface area contributed by atoms with Crippen LogP contribution < -0.4 is 0 Å². The zero-order valence-corrected chi connectivity index (χ0v) is 9.63. The van der Waals surface area contributed by atoms with Crippen molar-refractivity contribution >= 4 is 0 Å². The molecule has 0 unspecified atom stereocenters. The normalized spacial score (nSPS) is 29.1. The smallest absolute Gasteiger partial charge is 0.0598 e. The van der Waals surface area contributed by atoms with Crippen molar-refractivity contribution in [3.05, 3.63) is 0 Å². The van der Waals surface area contributed by atoms with Gasteiger partial charge < -0.3 is 9.64 Å². The Kier molecular flexibility index (Phi) is 3.36. The van der Waals surface area contributed by atoms with Crippen LogP contribution in [0, 0.1) is 5.92 Å². The summed E-state index contributed by atoms with van der Waals surface area (Å²) < 4.78 is 5.79. The molecular formula is C11H23NO. The lowest BCUT2D eigenvalue weighted by molar-refractivity contribution is -0.0578. The lowest BCUT2D eigenvalue weighted by Crippen LogP contribution is -2.46. The maximum Gasteiger partial charge on any atom is 0.0598 e. The van der Waals surface area contributed by atoms with Gasteiger partial charge in [0, 0.05) is 6.04 Å². The van der Waals surface area contributed by atoms with Crippen molar-refractivity contribution in [1.82, 2.24) is 4.90 Å². The predicted octanol–water partition coefficient (Wildman–Crippen LogP) is 2.14. The third-order valence-corrected chi connectivity index (χ3v) is 2.77. The van der Waals surface area contributed by atoms with Crippen LogP contribution >= 0.6 is 0 Å². The van der Waals surface area contributed by atoms with Crippen LogP contribution in [0.25, 0.3) is 0 Å². The van der Waals surface area contributed by atoms with Gasteiger partial charge in [0.25, 0.3) is 0 Å². The second kappa shape index (κ2) is 3.97. The third-order valence-electron chi connectivity index (χ3n) is 2.77. The number of hydrogen-bond donors (Lipinski definition) is 0. The largest absolute Gasteiger partial charge is 0.376 e. The summed E-state index contributed by atoms with van der Waals surface area (Å²) in [6, 6.07) is 0.752. The van der Waals surface area contributed by atoms with E-state index in [2.05, 4.69) is 39.8 Å². The molecule has 2 heteroatoms. The number of ether oxygens (including phenoxy) is 1. The van der Waals surface area contributed by atoms with Gasteiger partial charge in [0.05, 0.1) is 12.2 Å². The Bertz CT molecular complexity index is 160. The van der Waals surface area contributed by atoms with Crippen LogP contribution in [0.2, 0.25) is 0 Å². The Morgan fingerprint density at radius 3 is 2.15 bits per heavy atom. The Morgan fingerprint density at radius 2 is 1.85 bits per heavy atom. The van der Waals surface area contributed by atoms with Gasteiger partial charge in [-0.05, 0) is 53.6 Å². The van der Waals surface area contributed by atoms with Gasteiger partial charge in [-0.1, -0.05) is 0 Å². The van der Waals surface area contributed by atoms with E-state index in [-0.39, 0.29) is 5.60 Å². The molecule has 1 aliphatic rings. The summed E-state index contributed by atoms with van der Waals surface area (Å²) in [5.41, 5.74) is 0.0203. The van der Waals surface area contributed by atoms with Crippen molar-refractivity contribution < 1.29 is 4.74 Å². The lowest BCUT2D eigenvalue weighted by atomic mass is 9.79. The molecule has 2 atom stereocenters. The summed E-state index contributed by atoms with van der Waals surface area (Å²) in [6.07, 6.45) is 2.67. The second-order valence-corrected chi connectivity index (χ2v) is 5.29. The minimum Gasteiger partial charge on any atom is -0.376 e. The fourth-order valence-corrected chi connectivity index (χ4v) is 1.78. The molecule has 2 nitrogen and oxygen atoms in total. The molecule has 0 radical (unpaired) electrons. The Morgan fingerprint density at radius 1 is 1.23 bits per heavy atom. The zero-order chi connectivity index (χ0) is 10.1. The van der Waals surface area contributed by atoms with E-state index in [1.54, 1.807) is 0 Å². The fraction of sp³-hybridized carbons (Fsp3) is 1.00. The van der Waals surface area contributed by atoms with E-state index >= 15 is 0 Å². The summed E-state index contributed by atoms with van der Waals surface area (Å²) in [5, 5.41) is 0. The van der Waals surface area contributed by atoms with E-state index in [4.69, 9.17) is 4.74 Å². The monoisotopic (exact) mass is 185 g/mol. The first-order valence-corrected chi connectivity index (χ1v) is 5.20. The van der Waals surface area contributed by atoms with Crippen LogP contribution in [0.5, 0.6) is 0 Å². The first-order chi connectivity index (χ1) is 5.90. The molecule has 78 valence electrons. The highest BCUT2D eigenvalue weighted by molar-refractivity contribution is 4.86. The van der Waals surface area contributed by atoms with Crippen molar-refractivity contribution in [3.8, 4) is 0 Å². The van der Waals surface area contributed by atoms with Gasteiger partial charge in [0.2, 0.25) is 0 Å². The summed E-state index contributed by atoms with van der Waals surface area (Å²) >= 11 is 0. The van der Waals surface area contributed by atoms with E-state index in [0.717, 1.165) is 18.6 Å². The zero-order valence-electron chi connectivity index (χ0n) is 9.63. The summed E-state index contributed by atoms with van der Waals surface area (Å²) in [7, 11) is 4.32. The van der Waals surface area contributed by atoms with Crippen molar-refractivity contribution in [2.45, 2.75) is 45.3 Å². The lowest BCUT2D eigenvalue weighted by Gasteiger charge is -2.42. The Labute approximate surface area is 82.3 Å². The minimum absolute atomic E-state index is 0.0203. The highest BCUT2D eigenvalue weighted by Crippen LogP contribution is 2.31. The van der Waals surface area contributed by atoms with Gasteiger partial charge in [-0.2, -0.15) is 0 Å². The molecule has 1 rings (SSSR count). The maximum absolute atomic E-state index is 5.79. The summed E-state index contributed by atoms with van der Waals surface area (Å²) in [5.74, 6) is 0.759. The average molecular weight is 185 g/mol. The van der Waals surface area contributed by atoms with Crippen LogP contribution in [0.3, 0.4) is 0 Å². The van der Waals surface area contributed by atoms with Crippen molar-refractivity contribution in [3.63, 3.8) is 0 Å². The minimum atomic E-state index is 0.0203. The van der Waals surface area contributed by atoms with Crippen molar-refractivity contribution in [2.24, 2.45) is 5.92 Å². The fourth-order valence-electron chi connectivity index (χ4n) is 1.78. The van der Waals surface area contributed by atoms with Gasteiger partial charge in [0.1, 0.15) is 0 Å². The van der Waals surface area contributed by atoms with Crippen molar-refractivity contribution in [1.29, 1.82) is 0 Å². The number of hydrogen-bond acceptors (Lipinski definition) is 2. The molecule has 0 N–H and O–H groups in total. The average Bonchev–Trinajstić information content (AvgIpc) is 1.79. The highest BCUT2D eigenvalue weighted by atomic mass is 16.5. The van der Waals surface area contributed by atoms with Gasteiger partial charge in [-0.15, -0.1) is 0 Å². The van der Waals surface area contributed by atoms with E-state index in [9.17, 15) is 0 Å². The molecule has 0 heterocycles. The van der Waals surface area contributed by atoms with Gasteiger partial charge in [-0.25, -0.2) is 0 Å². The van der Waals surface area contributed by atoms with E-state index in [1.807, 2.05) is 0 Å². The van der Waals surface area contributed by atoms with E-state index < -0.39 is 0 Å². The molecule has 0 bridgehead atoms. The molecule has 0 aliphatic heterocycles. The number of rotatable bonds is 3. The predicted molar refractivity (Wildman–Crippen MR) is 55.9 cm³/mol. The molecular weight excluding hydrogens is 162 g/mol. The van der Waals surface area contributed by atoms with Crippen LogP contribution in [-0.2, 0) is 4.74 Å². The third kappa shape index (κ3) is 3.28. The second-order valence-electron chi connectivity index (χ2n) is 5.29. The molecule has 1 saturated carbocycles. The molecule has 0 aromatic rings. The molecule has 1 fully saturated rings. The SMILES string of the molecule is CN(C)[C@H]1CC[C@H]1COC(C)(C)C. The standard InChI is InChI=1S/C11H23NO/c1-11(2,3)13-8-9-6-7-10(9)12(4)5/h9-10H,6-8H2,1-5H3/t9-,10-/m0/s1. The topological polar surface area (TPSA) is 12.5 Å². The van der Waals surface area contributed by atoms with Crippen LogP contribution in [0.15, 0.2) is 0 Å². The van der Waals surface area contributed by atoms with E-state index in [0.29, 0.717) is 0 Å². The quantitative estimate of drug-likeness (QED) is 0.668. The summed E-state index contributed by atoms with van der Waals surface area (Å²) in [6.45, 7) is 7.29. The first kappa shape index (κ1) is 11.0. The maximum atomic E-state index is 5.79. The van der Waals surface area contributed by atoms with Crippen LogP contribution in [0.1, 0.15) is 33.6 Å². The van der Waals surface area contributed by atoms with Gasteiger partial charge in [-0.3, -0.25) is 0 Å². The van der Waals surface area contributed by atoms with E-state index in [1.165, 1.54) is 12.8 Å². The Balaban J connectivity index is 2.23. The van der Waals surface area contributed by atoms with Crippen LogP contribution in [0.4, 0.5) is 0 Å².